The number of ether oxygens (including phenoxy) is 1. The van der Waals surface area contributed by atoms with Gasteiger partial charge in [-0.1, -0.05) is 23.7 Å². The maximum Gasteiger partial charge on any atom is 0.242 e. The highest BCUT2D eigenvalue weighted by atomic mass is 35.5. The largest absolute Gasteiger partial charge is 0.383 e. The first kappa shape index (κ1) is 17.5. The van der Waals surface area contributed by atoms with Crippen molar-refractivity contribution in [3.8, 4) is 0 Å². The first-order valence-corrected chi connectivity index (χ1v) is 7.11. The van der Waals surface area contributed by atoms with Crippen molar-refractivity contribution >= 4 is 23.4 Å². The summed E-state index contributed by atoms with van der Waals surface area (Å²) in [5, 5.41) is 3.37. The van der Waals surface area contributed by atoms with Crippen molar-refractivity contribution in [1.29, 1.82) is 0 Å². The zero-order valence-corrected chi connectivity index (χ0v) is 13.3. The second kappa shape index (κ2) is 8.64. The van der Waals surface area contributed by atoms with Crippen molar-refractivity contribution in [2.75, 3.05) is 20.3 Å². The Bertz CT molecular complexity index is 476. The highest BCUT2D eigenvalue weighted by molar-refractivity contribution is 6.30. The average Bonchev–Trinajstić information content (AvgIpc) is 2.45. The fraction of sp³-hybridized carbons (Fsp3) is 0.467. The predicted molar refractivity (Wildman–Crippen MR) is 82.0 cm³/mol. The minimum atomic E-state index is -0.546. The molecule has 1 aromatic rings. The maximum atomic E-state index is 12.0. The Labute approximate surface area is 130 Å². The summed E-state index contributed by atoms with van der Waals surface area (Å²) in [6.07, 6.45) is 0. The van der Waals surface area contributed by atoms with E-state index in [2.05, 4.69) is 5.32 Å². The van der Waals surface area contributed by atoms with Crippen LogP contribution in [0.5, 0.6) is 0 Å². The summed E-state index contributed by atoms with van der Waals surface area (Å²) in [5.41, 5.74) is 0.922. The summed E-state index contributed by atoms with van der Waals surface area (Å²) in [5.74, 6) is -0.351. The molecular formula is C15H21ClN2O3. The molecule has 0 saturated carbocycles. The standard InChI is InChI=1S/C15H21ClN2O3/c1-11(15(20)17-8-9-21-3)18(12(2)19)10-13-4-6-14(16)7-5-13/h4-7,11H,8-10H2,1-3H3,(H,17,20)/t11-/m1/s1. The molecule has 0 spiro atoms. The zero-order chi connectivity index (χ0) is 15.8. The summed E-state index contributed by atoms with van der Waals surface area (Å²) in [6, 6.07) is 6.66. The van der Waals surface area contributed by atoms with E-state index < -0.39 is 6.04 Å². The van der Waals surface area contributed by atoms with Gasteiger partial charge in [-0.15, -0.1) is 0 Å². The number of rotatable bonds is 7. The molecule has 0 radical (unpaired) electrons. The van der Waals surface area contributed by atoms with Crippen LogP contribution < -0.4 is 5.32 Å². The third-order valence-corrected chi connectivity index (χ3v) is 3.37. The van der Waals surface area contributed by atoms with Gasteiger partial charge in [0, 0.05) is 32.1 Å². The Morgan fingerprint density at radius 3 is 2.48 bits per heavy atom. The second-order valence-corrected chi connectivity index (χ2v) is 5.17. The fourth-order valence-corrected chi connectivity index (χ4v) is 2.00. The number of carbonyl (C=O) groups is 2. The Morgan fingerprint density at radius 1 is 1.33 bits per heavy atom. The van der Waals surface area contributed by atoms with Gasteiger partial charge in [-0.05, 0) is 24.6 Å². The van der Waals surface area contributed by atoms with Crippen molar-refractivity contribution in [3.63, 3.8) is 0 Å². The molecule has 0 fully saturated rings. The van der Waals surface area contributed by atoms with Crippen LogP contribution in [0, 0.1) is 0 Å². The van der Waals surface area contributed by atoms with Crippen molar-refractivity contribution in [3.05, 3.63) is 34.9 Å². The average molecular weight is 313 g/mol. The van der Waals surface area contributed by atoms with Gasteiger partial charge in [0.05, 0.1) is 6.61 Å². The molecule has 21 heavy (non-hydrogen) atoms. The lowest BCUT2D eigenvalue weighted by Crippen LogP contribution is -2.47. The van der Waals surface area contributed by atoms with E-state index in [4.69, 9.17) is 16.3 Å². The monoisotopic (exact) mass is 312 g/mol. The van der Waals surface area contributed by atoms with E-state index >= 15 is 0 Å². The molecule has 0 unspecified atom stereocenters. The van der Waals surface area contributed by atoms with Crippen LogP contribution in [0.1, 0.15) is 19.4 Å². The summed E-state index contributed by atoms with van der Waals surface area (Å²) < 4.78 is 4.88. The molecule has 2 amide bonds. The predicted octanol–water partition coefficient (Wildman–Crippen LogP) is 1.84. The second-order valence-electron chi connectivity index (χ2n) is 4.73. The highest BCUT2D eigenvalue weighted by Gasteiger charge is 2.23. The van der Waals surface area contributed by atoms with Gasteiger partial charge < -0.3 is 15.0 Å². The van der Waals surface area contributed by atoms with E-state index in [1.165, 1.54) is 11.8 Å². The van der Waals surface area contributed by atoms with Gasteiger partial charge in [0.25, 0.3) is 0 Å². The molecule has 116 valence electrons. The molecule has 0 bridgehead atoms. The number of carbonyl (C=O) groups excluding carboxylic acids is 2. The van der Waals surface area contributed by atoms with E-state index in [1.54, 1.807) is 26.2 Å². The summed E-state index contributed by atoms with van der Waals surface area (Å²) in [7, 11) is 1.57. The van der Waals surface area contributed by atoms with Crippen LogP contribution in [0.3, 0.4) is 0 Å². The normalized spacial score (nSPS) is 11.8. The van der Waals surface area contributed by atoms with Crippen LogP contribution in [-0.4, -0.2) is 43.0 Å². The van der Waals surface area contributed by atoms with Gasteiger partial charge in [0.15, 0.2) is 0 Å². The number of nitrogens with one attached hydrogen (secondary N) is 1. The SMILES string of the molecule is COCCNC(=O)[C@@H](C)N(Cc1ccc(Cl)cc1)C(C)=O. The Hall–Kier alpha value is -1.59. The van der Waals surface area contributed by atoms with Crippen LogP contribution >= 0.6 is 11.6 Å². The first-order chi connectivity index (χ1) is 9.95. The van der Waals surface area contributed by atoms with Crippen molar-refractivity contribution in [2.24, 2.45) is 0 Å². The topological polar surface area (TPSA) is 58.6 Å². The van der Waals surface area contributed by atoms with Gasteiger partial charge in [0.1, 0.15) is 6.04 Å². The molecule has 1 rings (SSSR count). The molecule has 0 heterocycles. The fourth-order valence-electron chi connectivity index (χ4n) is 1.87. The molecular weight excluding hydrogens is 292 g/mol. The Kier molecular flexibility index (Phi) is 7.19. The van der Waals surface area contributed by atoms with Crippen molar-refractivity contribution in [2.45, 2.75) is 26.4 Å². The van der Waals surface area contributed by atoms with Crippen molar-refractivity contribution in [1.82, 2.24) is 10.2 Å². The number of hydrogen-bond acceptors (Lipinski definition) is 3. The molecule has 0 aliphatic carbocycles. The van der Waals surface area contributed by atoms with E-state index in [-0.39, 0.29) is 11.8 Å². The number of benzene rings is 1. The van der Waals surface area contributed by atoms with Gasteiger partial charge in [-0.25, -0.2) is 0 Å². The lowest BCUT2D eigenvalue weighted by Gasteiger charge is -2.27. The molecule has 0 saturated heterocycles. The number of hydrogen-bond donors (Lipinski definition) is 1. The number of methoxy groups -OCH3 is 1. The Balaban J connectivity index is 2.69. The maximum absolute atomic E-state index is 12.0. The first-order valence-electron chi connectivity index (χ1n) is 6.74. The molecule has 0 aliphatic heterocycles. The number of nitrogens with zero attached hydrogens (tertiary/aromatic N) is 1. The smallest absolute Gasteiger partial charge is 0.242 e. The number of amides is 2. The third kappa shape index (κ3) is 5.73. The Morgan fingerprint density at radius 2 is 1.95 bits per heavy atom. The van der Waals surface area contributed by atoms with Crippen LogP contribution in [0.4, 0.5) is 0 Å². The molecule has 5 nitrogen and oxygen atoms in total. The van der Waals surface area contributed by atoms with Gasteiger partial charge in [-0.3, -0.25) is 9.59 Å². The van der Waals surface area contributed by atoms with Gasteiger partial charge >= 0.3 is 0 Å². The summed E-state index contributed by atoms with van der Waals surface area (Å²) >= 11 is 5.84. The minimum absolute atomic E-state index is 0.153. The van der Waals surface area contributed by atoms with Crippen LogP contribution in [-0.2, 0) is 20.9 Å². The summed E-state index contributed by atoms with van der Waals surface area (Å²) in [6.45, 7) is 4.39. The molecule has 1 N–H and O–H groups in total. The van der Waals surface area contributed by atoms with E-state index in [0.29, 0.717) is 24.7 Å². The van der Waals surface area contributed by atoms with Crippen LogP contribution in [0.15, 0.2) is 24.3 Å². The molecule has 0 aliphatic rings. The van der Waals surface area contributed by atoms with E-state index in [0.717, 1.165) is 5.56 Å². The molecule has 1 aromatic carbocycles. The highest BCUT2D eigenvalue weighted by Crippen LogP contribution is 2.13. The molecule has 6 heteroatoms. The quantitative estimate of drug-likeness (QED) is 0.782. The van der Waals surface area contributed by atoms with Crippen molar-refractivity contribution < 1.29 is 14.3 Å². The molecule has 1 atom stereocenters. The summed E-state index contributed by atoms with van der Waals surface area (Å²) in [4.78, 5) is 25.3. The van der Waals surface area contributed by atoms with Crippen LogP contribution in [0.2, 0.25) is 5.02 Å². The van der Waals surface area contributed by atoms with E-state index in [1.807, 2.05) is 12.1 Å². The zero-order valence-electron chi connectivity index (χ0n) is 12.6. The van der Waals surface area contributed by atoms with E-state index in [9.17, 15) is 9.59 Å². The van der Waals surface area contributed by atoms with Gasteiger partial charge in [0.2, 0.25) is 11.8 Å². The lowest BCUT2D eigenvalue weighted by molar-refractivity contribution is -0.139. The minimum Gasteiger partial charge on any atom is -0.383 e. The lowest BCUT2D eigenvalue weighted by atomic mass is 10.1. The number of halogens is 1. The van der Waals surface area contributed by atoms with Crippen LogP contribution in [0.25, 0.3) is 0 Å². The third-order valence-electron chi connectivity index (χ3n) is 3.12. The molecule has 0 aromatic heterocycles. The van der Waals surface area contributed by atoms with Gasteiger partial charge in [-0.2, -0.15) is 0 Å².